The number of hydrogen-bond acceptors (Lipinski definition) is 3. The molecule has 4 heteroatoms. The third-order valence-electron chi connectivity index (χ3n) is 11.6. The van der Waals surface area contributed by atoms with Crippen molar-refractivity contribution in [1.29, 1.82) is 0 Å². The van der Waals surface area contributed by atoms with E-state index in [9.17, 15) is 0 Å². The van der Waals surface area contributed by atoms with E-state index in [0.29, 0.717) is 0 Å². The van der Waals surface area contributed by atoms with E-state index < -0.39 is 0 Å². The SMILES string of the molecule is c1ccc(-c2ccc(N(c3ccccc3-c3ccc4c(c3)c3cccc5c3n4-c3ccccc3O5)c3cccc4c3sc3ccccc34)cc2-c2ccccc2)cc1. The van der Waals surface area contributed by atoms with Gasteiger partial charge in [0, 0.05) is 37.5 Å². The van der Waals surface area contributed by atoms with Gasteiger partial charge in [0.1, 0.15) is 0 Å². The molecule has 0 spiro atoms. The van der Waals surface area contributed by atoms with Crippen molar-refractivity contribution < 1.29 is 4.74 Å². The molecular formula is C54H34N2OS. The molecule has 0 aliphatic carbocycles. The molecule has 0 saturated carbocycles. The summed E-state index contributed by atoms with van der Waals surface area (Å²) in [5.74, 6) is 1.75. The van der Waals surface area contributed by atoms with Gasteiger partial charge in [-0.05, 0) is 88.5 Å². The van der Waals surface area contributed by atoms with Crippen molar-refractivity contribution in [2.45, 2.75) is 0 Å². The van der Waals surface area contributed by atoms with E-state index in [1.165, 1.54) is 53.2 Å². The molecule has 0 saturated heterocycles. The number of nitrogens with zero attached hydrogens (tertiary/aromatic N) is 2. The lowest BCUT2D eigenvalue weighted by Gasteiger charge is -2.29. The third kappa shape index (κ3) is 5.05. The first kappa shape index (κ1) is 32.8. The van der Waals surface area contributed by atoms with Crippen molar-refractivity contribution in [1.82, 2.24) is 4.57 Å². The van der Waals surface area contributed by atoms with Crippen LogP contribution in [0, 0.1) is 0 Å². The van der Waals surface area contributed by atoms with Gasteiger partial charge >= 0.3 is 0 Å². The van der Waals surface area contributed by atoms with Gasteiger partial charge in [-0.15, -0.1) is 11.3 Å². The average molecular weight is 759 g/mol. The molecule has 3 heterocycles. The van der Waals surface area contributed by atoms with Crippen LogP contribution in [-0.2, 0) is 0 Å². The highest BCUT2D eigenvalue weighted by Crippen LogP contribution is 2.50. The van der Waals surface area contributed by atoms with E-state index in [0.717, 1.165) is 56.4 Å². The van der Waals surface area contributed by atoms with Crippen molar-refractivity contribution >= 4 is 70.4 Å². The number of fused-ring (bicyclic) bond motifs is 8. The Bertz CT molecular complexity index is 3380. The van der Waals surface area contributed by atoms with Gasteiger partial charge in [0.2, 0.25) is 0 Å². The Labute approximate surface area is 339 Å². The first-order valence-electron chi connectivity index (χ1n) is 19.7. The molecule has 58 heavy (non-hydrogen) atoms. The van der Waals surface area contributed by atoms with E-state index in [1.54, 1.807) is 0 Å². The molecule has 0 atom stereocenters. The lowest BCUT2D eigenvalue weighted by Crippen LogP contribution is -2.11. The highest BCUT2D eigenvalue weighted by molar-refractivity contribution is 7.26. The number of rotatable bonds is 6. The summed E-state index contributed by atoms with van der Waals surface area (Å²) >= 11 is 1.86. The molecule has 272 valence electrons. The van der Waals surface area contributed by atoms with Crippen LogP contribution in [0.25, 0.3) is 81.0 Å². The zero-order valence-electron chi connectivity index (χ0n) is 31.3. The molecule has 0 radical (unpaired) electrons. The van der Waals surface area contributed by atoms with Gasteiger partial charge in [-0.3, -0.25) is 0 Å². The number of para-hydroxylation sites is 4. The zero-order chi connectivity index (χ0) is 38.2. The lowest BCUT2D eigenvalue weighted by molar-refractivity contribution is 0.476. The van der Waals surface area contributed by atoms with E-state index in [-0.39, 0.29) is 0 Å². The summed E-state index contributed by atoms with van der Waals surface area (Å²) in [5, 5.41) is 4.92. The van der Waals surface area contributed by atoms with Crippen LogP contribution in [0.2, 0.25) is 0 Å². The van der Waals surface area contributed by atoms with Gasteiger partial charge in [-0.25, -0.2) is 0 Å². The summed E-state index contributed by atoms with van der Waals surface area (Å²) in [6.07, 6.45) is 0. The number of ether oxygens (including phenoxy) is 1. The fraction of sp³-hybridized carbons (Fsp3) is 0. The average Bonchev–Trinajstić information content (AvgIpc) is 3.84. The number of hydrogen-bond donors (Lipinski definition) is 0. The van der Waals surface area contributed by atoms with Crippen molar-refractivity contribution in [2.24, 2.45) is 0 Å². The molecule has 0 fully saturated rings. The van der Waals surface area contributed by atoms with Crippen molar-refractivity contribution in [3.63, 3.8) is 0 Å². The molecule has 12 rings (SSSR count). The number of anilines is 3. The summed E-state index contributed by atoms with van der Waals surface area (Å²) in [5.41, 5.74) is 13.8. The van der Waals surface area contributed by atoms with E-state index >= 15 is 0 Å². The highest BCUT2D eigenvalue weighted by atomic mass is 32.1. The molecule has 0 unspecified atom stereocenters. The Morgan fingerprint density at radius 1 is 0.414 bits per heavy atom. The van der Waals surface area contributed by atoms with Crippen molar-refractivity contribution in [2.75, 3.05) is 4.90 Å². The first-order valence-corrected chi connectivity index (χ1v) is 20.5. The Kier molecular flexibility index (Phi) is 7.40. The van der Waals surface area contributed by atoms with Gasteiger partial charge in [0.15, 0.2) is 11.5 Å². The minimum atomic E-state index is 0.869. The summed E-state index contributed by atoms with van der Waals surface area (Å²) in [6.45, 7) is 0. The summed E-state index contributed by atoms with van der Waals surface area (Å²) in [4.78, 5) is 2.48. The van der Waals surface area contributed by atoms with Gasteiger partial charge in [-0.1, -0.05) is 146 Å². The zero-order valence-corrected chi connectivity index (χ0v) is 32.2. The third-order valence-corrected chi connectivity index (χ3v) is 12.8. The van der Waals surface area contributed by atoms with Gasteiger partial charge in [0.25, 0.3) is 0 Å². The van der Waals surface area contributed by atoms with Crippen molar-refractivity contribution in [3.8, 4) is 50.6 Å². The smallest absolute Gasteiger partial charge is 0.152 e. The topological polar surface area (TPSA) is 17.4 Å². The largest absolute Gasteiger partial charge is 0.453 e. The van der Waals surface area contributed by atoms with Gasteiger partial charge < -0.3 is 14.2 Å². The molecular weight excluding hydrogens is 725 g/mol. The van der Waals surface area contributed by atoms with Crippen LogP contribution in [0.5, 0.6) is 11.5 Å². The van der Waals surface area contributed by atoms with E-state index in [1.807, 2.05) is 17.4 Å². The second-order valence-electron chi connectivity index (χ2n) is 14.9. The molecule has 9 aromatic carbocycles. The van der Waals surface area contributed by atoms with Crippen LogP contribution in [-0.4, -0.2) is 4.57 Å². The summed E-state index contributed by atoms with van der Waals surface area (Å²) < 4.78 is 11.4. The molecule has 3 nitrogen and oxygen atoms in total. The maximum atomic E-state index is 6.45. The van der Waals surface area contributed by atoms with Gasteiger partial charge in [-0.2, -0.15) is 0 Å². The fourth-order valence-corrected chi connectivity index (χ4v) is 10.2. The standard InChI is InChI=1S/C54H34N2OS/c1-3-15-35(16-4-1)39-31-30-38(34-44(39)36-17-5-2-6-18-36)55(49-25-13-22-43-41-20-8-12-28-52(41)58-54(43)49)46-23-9-7-19-40(46)37-29-32-47-45(33-37)42-21-14-27-51-53(42)56(47)48-24-10-11-26-50(48)57-51/h1-34H. The Balaban J connectivity index is 1.12. The second-order valence-corrected chi connectivity index (χ2v) is 15.9. The van der Waals surface area contributed by atoms with E-state index in [2.05, 4.69) is 210 Å². The summed E-state index contributed by atoms with van der Waals surface area (Å²) in [6, 6.07) is 74.5. The molecule has 1 aliphatic heterocycles. The molecule has 11 aromatic rings. The second kappa shape index (κ2) is 13.1. The minimum absolute atomic E-state index is 0.869. The molecule has 0 N–H and O–H groups in total. The maximum absolute atomic E-state index is 6.45. The van der Waals surface area contributed by atoms with Crippen molar-refractivity contribution in [3.05, 3.63) is 206 Å². The lowest BCUT2D eigenvalue weighted by atomic mass is 9.93. The Hall–Kier alpha value is -7.40. The number of aromatic nitrogens is 1. The molecule has 2 aromatic heterocycles. The predicted octanol–water partition coefficient (Wildman–Crippen LogP) is 15.7. The number of thiophene rings is 1. The van der Waals surface area contributed by atoms with Gasteiger partial charge in [0.05, 0.1) is 32.8 Å². The molecule has 0 amide bonds. The maximum Gasteiger partial charge on any atom is 0.152 e. The van der Waals surface area contributed by atoms with Crippen LogP contribution in [0.3, 0.4) is 0 Å². The normalized spacial score (nSPS) is 11.9. The molecule has 0 bridgehead atoms. The highest BCUT2D eigenvalue weighted by Gasteiger charge is 2.26. The van der Waals surface area contributed by atoms with Crippen LogP contribution >= 0.6 is 11.3 Å². The van der Waals surface area contributed by atoms with Crippen LogP contribution < -0.4 is 9.64 Å². The van der Waals surface area contributed by atoms with E-state index in [4.69, 9.17) is 4.74 Å². The van der Waals surface area contributed by atoms with Crippen LogP contribution in [0.1, 0.15) is 0 Å². The predicted molar refractivity (Wildman–Crippen MR) is 245 cm³/mol. The Morgan fingerprint density at radius 3 is 1.97 bits per heavy atom. The Morgan fingerprint density at radius 2 is 1.09 bits per heavy atom. The number of benzene rings is 9. The quantitative estimate of drug-likeness (QED) is 0.168. The first-order chi connectivity index (χ1) is 28.8. The monoisotopic (exact) mass is 758 g/mol. The van der Waals surface area contributed by atoms with Crippen LogP contribution in [0.4, 0.5) is 17.1 Å². The summed E-state index contributed by atoms with van der Waals surface area (Å²) in [7, 11) is 0. The fourth-order valence-electron chi connectivity index (χ4n) is 9.01. The van der Waals surface area contributed by atoms with Crippen LogP contribution in [0.15, 0.2) is 206 Å². The minimum Gasteiger partial charge on any atom is -0.453 e. The molecule has 1 aliphatic rings.